The molecule has 26 heavy (non-hydrogen) atoms. The molecule has 0 saturated heterocycles. The van der Waals surface area contributed by atoms with Gasteiger partial charge in [0.25, 0.3) is 20.2 Å². The summed E-state index contributed by atoms with van der Waals surface area (Å²) >= 11 is 0. The molecular weight excluding hydrogens is 418 g/mol. The van der Waals surface area contributed by atoms with Gasteiger partial charge in [0, 0.05) is 0 Å². The van der Waals surface area contributed by atoms with Crippen LogP contribution in [0.3, 0.4) is 0 Å². The van der Waals surface area contributed by atoms with Crippen LogP contribution in [0.15, 0.2) is 0 Å². The van der Waals surface area contributed by atoms with Crippen LogP contribution >= 0.6 is 0 Å². The van der Waals surface area contributed by atoms with E-state index in [9.17, 15) is 43.2 Å². The summed E-state index contributed by atoms with van der Waals surface area (Å²) in [6.07, 6.45) is -10.7. The minimum absolute atomic E-state index is 0.255. The Labute approximate surface area is 148 Å². The number of hydrogen-bond donors (Lipinski definition) is 0. The number of rotatable bonds is 9. The average Bonchev–Trinajstić information content (AvgIpc) is 2.39. The number of hydrogen-bond acceptors (Lipinski definition) is 6. The van der Waals surface area contributed by atoms with E-state index >= 15 is 0 Å². The van der Waals surface area contributed by atoms with E-state index in [-0.39, 0.29) is 12.8 Å². The molecule has 0 N–H and O–H groups in total. The van der Waals surface area contributed by atoms with E-state index < -0.39 is 55.3 Å². The molecule has 0 aliphatic rings. The topological polar surface area (TPSA) is 86.7 Å². The van der Waals surface area contributed by atoms with Crippen molar-refractivity contribution in [1.29, 1.82) is 0 Å². The Hall–Kier alpha value is -0.600. The first-order valence-electron chi connectivity index (χ1n) is 7.12. The Bertz CT molecular complexity index is 616. The van der Waals surface area contributed by atoms with Gasteiger partial charge in [-0.05, 0) is 40.5 Å². The standard InChI is InChI=1S/C12H20F6O6S2/c1-9(2,11(13,14)15)25(19,20)23-7-5-6-8-24-26(21,22)10(3,4)12(16,17)18/h5-8H2,1-4H3. The molecule has 0 spiro atoms. The van der Waals surface area contributed by atoms with Gasteiger partial charge in [0.2, 0.25) is 0 Å². The van der Waals surface area contributed by atoms with Crippen molar-refractivity contribution in [2.45, 2.75) is 62.4 Å². The van der Waals surface area contributed by atoms with Gasteiger partial charge in [-0.2, -0.15) is 43.2 Å². The third kappa shape index (κ3) is 5.45. The summed E-state index contributed by atoms with van der Waals surface area (Å²) in [5.41, 5.74) is 0. The van der Waals surface area contributed by atoms with Crippen LogP contribution in [-0.2, 0) is 28.6 Å². The SMILES string of the molecule is CC(C)(C(F)(F)F)S(=O)(=O)OCCCCOS(=O)(=O)C(C)(C)C(F)(F)F. The number of alkyl halides is 6. The van der Waals surface area contributed by atoms with Gasteiger partial charge in [0.15, 0.2) is 9.49 Å². The fourth-order valence-electron chi connectivity index (χ4n) is 1.12. The molecule has 0 aliphatic carbocycles. The maximum atomic E-state index is 12.7. The second-order valence-electron chi connectivity index (χ2n) is 6.28. The van der Waals surface area contributed by atoms with E-state index in [2.05, 4.69) is 8.37 Å². The van der Waals surface area contributed by atoms with Gasteiger partial charge in [-0.25, -0.2) is 0 Å². The Morgan fingerprint density at radius 2 is 0.846 bits per heavy atom. The maximum Gasteiger partial charge on any atom is 0.409 e. The van der Waals surface area contributed by atoms with Gasteiger partial charge in [0.05, 0.1) is 13.2 Å². The molecule has 0 atom stereocenters. The lowest BCUT2D eigenvalue weighted by Gasteiger charge is -2.27. The van der Waals surface area contributed by atoms with Crippen molar-refractivity contribution in [1.82, 2.24) is 0 Å². The second-order valence-corrected chi connectivity index (χ2v) is 10.6. The number of halogens is 6. The highest BCUT2D eigenvalue weighted by Crippen LogP contribution is 2.38. The van der Waals surface area contributed by atoms with Gasteiger partial charge >= 0.3 is 12.4 Å². The van der Waals surface area contributed by atoms with Crippen molar-refractivity contribution < 1.29 is 51.5 Å². The summed E-state index contributed by atoms with van der Waals surface area (Å²) in [5.74, 6) is 0. The third-order valence-corrected chi connectivity index (χ3v) is 7.55. The fraction of sp³-hybridized carbons (Fsp3) is 1.00. The van der Waals surface area contributed by atoms with E-state index in [1.54, 1.807) is 0 Å². The molecule has 0 unspecified atom stereocenters. The van der Waals surface area contributed by atoms with Crippen LogP contribution < -0.4 is 0 Å². The molecule has 0 heterocycles. The van der Waals surface area contributed by atoms with Crippen molar-refractivity contribution in [3.05, 3.63) is 0 Å². The van der Waals surface area contributed by atoms with Crippen LogP contribution in [0.25, 0.3) is 0 Å². The third-order valence-electron chi connectivity index (χ3n) is 3.63. The Kier molecular flexibility index (Phi) is 7.62. The first kappa shape index (κ1) is 25.4. The molecule has 14 heteroatoms. The maximum absolute atomic E-state index is 12.7. The van der Waals surface area contributed by atoms with E-state index in [0.717, 1.165) is 0 Å². The van der Waals surface area contributed by atoms with E-state index in [1.807, 2.05) is 0 Å². The predicted octanol–water partition coefficient (Wildman–Crippen LogP) is 3.14. The van der Waals surface area contributed by atoms with E-state index in [0.29, 0.717) is 27.7 Å². The molecule has 6 nitrogen and oxygen atoms in total. The molecule has 0 aromatic heterocycles. The van der Waals surface area contributed by atoms with Gasteiger partial charge in [-0.1, -0.05) is 0 Å². The molecule has 0 radical (unpaired) electrons. The highest BCUT2D eigenvalue weighted by Gasteiger charge is 2.58. The van der Waals surface area contributed by atoms with Crippen LogP contribution in [0.2, 0.25) is 0 Å². The van der Waals surface area contributed by atoms with Crippen molar-refractivity contribution in [2.75, 3.05) is 13.2 Å². The zero-order valence-electron chi connectivity index (χ0n) is 14.4. The molecule has 0 fully saturated rings. The van der Waals surface area contributed by atoms with Crippen LogP contribution in [-0.4, -0.2) is 51.9 Å². The predicted molar refractivity (Wildman–Crippen MR) is 79.2 cm³/mol. The summed E-state index contributed by atoms with van der Waals surface area (Å²) in [6, 6.07) is 0. The molecule has 0 amide bonds. The van der Waals surface area contributed by atoms with Crippen LogP contribution in [0.5, 0.6) is 0 Å². The van der Waals surface area contributed by atoms with E-state index in [4.69, 9.17) is 0 Å². The molecule has 0 aliphatic heterocycles. The highest BCUT2D eigenvalue weighted by molar-refractivity contribution is 7.88. The minimum atomic E-state index is -5.08. The van der Waals surface area contributed by atoms with Gasteiger partial charge < -0.3 is 0 Å². The first-order valence-corrected chi connectivity index (χ1v) is 9.94. The van der Waals surface area contributed by atoms with Crippen LogP contribution in [0.4, 0.5) is 26.3 Å². The van der Waals surface area contributed by atoms with Crippen LogP contribution in [0, 0.1) is 0 Å². The van der Waals surface area contributed by atoms with Crippen molar-refractivity contribution in [3.8, 4) is 0 Å². The molecule has 0 aromatic rings. The lowest BCUT2D eigenvalue weighted by atomic mass is 10.2. The van der Waals surface area contributed by atoms with Gasteiger partial charge in [0.1, 0.15) is 0 Å². The first-order chi connectivity index (χ1) is 11.2. The van der Waals surface area contributed by atoms with Crippen molar-refractivity contribution in [3.63, 3.8) is 0 Å². The largest absolute Gasteiger partial charge is 0.409 e. The monoisotopic (exact) mass is 438 g/mol. The minimum Gasteiger partial charge on any atom is -0.269 e. The Morgan fingerprint density at radius 1 is 0.615 bits per heavy atom. The van der Waals surface area contributed by atoms with Crippen LogP contribution in [0.1, 0.15) is 40.5 Å². The molecule has 0 bridgehead atoms. The lowest BCUT2D eigenvalue weighted by molar-refractivity contribution is -0.155. The summed E-state index contributed by atoms with van der Waals surface area (Å²) in [5, 5.41) is 0. The number of unbranched alkanes of at least 4 members (excludes halogenated alkanes) is 1. The second kappa shape index (κ2) is 7.80. The van der Waals surface area contributed by atoms with Crippen molar-refractivity contribution >= 4 is 20.2 Å². The summed E-state index contributed by atoms with van der Waals surface area (Å²) in [6.45, 7) is 0.227. The zero-order chi connectivity index (χ0) is 21.2. The van der Waals surface area contributed by atoms with Gasteiger partial charge in [-0.3, -0.25) is 8.37 Å². The molecule has 0 rings (SSSR count). The molecule has 0 saturated carbocycles. The summed E-state index contributed by atoms with van der Waals surface area (Å²) in [4.78, 5) is 0. The Morgan fingerprint density at radius 3 is 1.04 bits per heavy atom. The van der Waals surface area contributed by atoms with Crippen molar-refractivity contribution in [2.24, 2.45) is 0 Å². The Balaban J connectivity index is 4.56. The lowest BCUT2D eigenvalue weighted by Crippen LogP contribution is -2.47. The summed E-state index contributed by atoms with van der Waals surface area (Å²) < 4.78 is 124. The molecule has 158 valence electrons. The van der Waals surface area contributed by atoms with Gasteiger partial charge in [-0.15, -0.1) is 0 Å². The normalized spacial score (nSPS) is 15.3. The average molecular weight is 438 g/mol. The van der Waals surface area contributed by atoms with E-state index in [1.165, 1.54) is 0 Å². The fourth-order valence-corrected chi connectivity index (χ4v) is 2.95. The highest BCUT2D eigenvalue weighted by atomic mass is 32.2. The molecule has 0 aromatic carbocycles. The smallest absolute Gasteiger partial charge is 0.269 e. The zero-order valence-corrected chi connectivity index (χ0v) is 16.0. The summed E-state index contributed by atoms with van der Waals surface area (Å²) in [7, 11) is -10.0. The quantitative estimate of drug-likeness (QED) is 0.312. The molecular formula is C12H20F6O6S2.